The number of esters is 2. The van der Waals surface area contributed by atoms with Crippen LogP contribution in [0.4, 0.5) is 4.79 Å². The maximum atomic E-state index is 12.2. The van der Waals surface area contributed by atoms with Gasteiger partial charge in [-0.15, -0.1) is 0 Å². The van der Waals surface area contributed by atoms with Gasteiger partial charge in [0.1, 0.15) is 17.7 Å². The summed E-state index contributed by atoms with van der Waals surface area (Å²) in [5.74, 6) is -1.68. The molecule has 1 fully saturated rings. The van der Waals surface area contributed by atoms with Gasteiger partial charge in [0.25, 0.3) is 5.91 Å². The van der Waals surface area contributed by atoms with Crippen LogP contribution in [0, 0.1) is 0 Å². The third kappa shape index (κ3) is 4.08. The second-order valence-electron chi connectivity index (χ2n) is 7.05. The Morgan fingerprint density at radius 1 is 1.17 bits per heavy atom. The van der Waals surface area contributed by atoms with E-state index in [1.165, 1.54) is 0 Å². The molecule has 1 saturated heterocycles. The van der Waals surface area contributed by atoms with E-state index in [2.05, 4.69) is 5.32 Å². The van der Waals surface area contributed by atoms with Gasteiger partial charge in [-0.2, -0.15) is 0 Å². The Morgan fingerprint density at radius 3 is 2.55 bits per heavy atom. The summed E-state index contributed by atoms with van der Waals surface area (Å²) in [5, 5.41) is 3.18. The lowest BCUT2D eigenvalue weighted by Crippen LogP contribution is -2.40. The van der Waals surface area contributed by atoms with Crippen LogP contribution in [0.3, 0.4) is 0 Å². The van der Waals surface area contributed by atoms with Crippen molar-refractivity contribution in [3.05, 3.63) is 35.6 Å². The summed E-state index contributed by atoms with van der Waals surface area (Å²) in [6, 6.07) is 6.44. The Kier molecular flexibility index (Phi) is 5.58. The number of para-hydroxylation sites is 1. The molecule has 1 aliphatic heterocycles. The molecule has 0 saturated carbocycles. The van der Waals surface area contributed by atoms with Crippen molar-refractivity contribution in [1.82, 2.24) is 10.2 Å². The van der Waals surface area contributed by atoms with Crippen LogP contribution in [-0.2, 0) is 25.7 Å². The zero-order valence-electron chi connectivity index (χ0n) is 16.4. The first-order valence-electron chi connectivity index (χ1n) is 9.22. The van der Waals surface area contributed by atoms with Crippen LogP contribution in [0.1, 0.15) is 43.3 Å². The summed E-state index contributed by atoms with van der Waals surface area (Å²) >= 11 is 0. The van der Waals surface area contributed by atoms with Crippen LogP contribution in [0.5, 0.6) is 0 Å². The summed E-state index contributed by atoms with van der Waals surface area (Å²) in [5.41, 5.74) is -0.114. The summed E-state index contributed by atoms with van der Waals surface area (Å²) in [6.07, 6.45) is -0.167. The topological polar surface area (TPSA) is 115 Å². The van der Waals surface area contributed by atoms with Gasteiger partial charge in [0.2, 0.25) is 5.76 Å². The van der Waals surface area contributed by atoms with Crippen LogP contribution < -0.4 is 5.32 Å². The fraction of sp³-hybridized carbons (Fsp3) is 0.400. The second kappa shape index (κ2) is 7.94. The third-order valence-corrected chi connectivity index (χ3v) is 4.52. The molecule has 2 heterocycles. The maximum absolute atomic E-state index is 12.2. The molecule has 154 valence electrons. The molecule has 0 atom stereocenters. The number of imide groups is 1. The number of rotatable bonds is 7. The minimum Gasteiger partial charge on any atom is -0.461 e. The van der Waals surface area contributed by atoms with E-state index in [-0.39, 0.29) is 31.9 Å². The highest BCUT2D eigenvalue weighted by Gasteiger charge is 2.44. The molecule has 0 bridgehead atoms. The second-order valence-corrected chi connectivity index (χ2v) is 7.05. The van der Waals surface area contributed by atoms with E-state index in [9.17, 15) is 19.2 Å². The van der Waals surface area contributed by atoms with Crippen molar-refractivity contribution in [2.24, 2.45) is 0 Å². The molecular formula is C20H22N2O7. The zero-order valence-corrected chi connectivity index (χ0v) is 16.4. The Bertz CT molecular complexity index is 976. The molecule has 1 aromatic heterocycles. The average molecular weight is 402 g/mol. The fourth-order valence-corrected chi connectivity index (χ4v) is 3.05. The predicted molar refractivity (Wildman–Crippen MR) is 101 cm³/mol. The SMILES string of the molecule is CCOC(=O)c1oc2ccccc2c1COC(=O)CCN1C(=O)NC(C)(C)C1=O. The maximum Gasteiger partial charge on any atom is 0.374 e. The molecule has 29 heavy (non-hydrogen) atoms. The van der Waals surface area contributed by atoms with E-state index >= 15 is 0 Å². The molecule has 0 spiro atoms. The molecule has 9 heteroatoms. The Morgan fingerprint density at radius 2 is 1.90 bits per heavy atom. The minimum atomic E-state index is -0.995. The molecule has 3 rings (SSSR count). The van der Waals surface area contributed by atoms with Crippen molar-refractivity contribution in [2.45, 2.75) is 39.3 Å². The minimum absolute atomic E-state index is 0.0169. The summed E-state index contributed by atoms with van der Waals surface area (Å²) < 4.78 is 15.8. The standard InChI is InChI=1S/C20H22N2O7/c1-4-27-17(24)16-13(12-7-5-6-8-14(12)29-16)11-28-15(23)9-10-22-18(25)20(2,3)21-19(22)26/h5-8H,4,9-11H2,1-3H3,(H,21,26). The van der Waals surface area contributed by atoms with Gasteiger partial charge in [-0.3, -0.25) is 14.5 Å². The highest BCUT2D eigenvalue weighted by atomic mass is 16.5. The van der Waals surface area contributed by atoms with Crippen molar-refractivity contribution >= 4 is 34.8 Å². The van der Waals surface area contributed by atoms with E-state index in [0.29, 0.717) is 16.5 Å². The molecular weight excluding hydrogens is 380 g/mol. The molecule has 1 aliphatic rings. The van der Waals surface area contributed by atoms with Crippen molar-refractivity contribution in [3.8, 4) is 0 Å². The van der Waals surface area contributed by atoms with Crippen molar-refractivity contribution in [2.75, 3.05) is 13.2 Å². The van der Waals surface area contributed by atoms with E-state index < -0.39 is 29.4 Å². The first kappa shape index (κ1) is 20.4. The smallest absolute Gasteiger partial charge is 0.374 e. The average Bonchev–Trinajstić information content (AvgIpc) is 3.13. The first-order chi connectivity index (χ1) is 13.7. The number of urea groups is 1. The number of amides is 3. The van der Waals surface area contributed by atoms with Gasteiger partial charge >= 0.3 is 18.0 Å². The number of nitrogens with one attached hydrogen (secondary N) is 1. The van der Waals surface area contributed by atoms with E-state index in [1.807, 2.05) is 0 Å². The number of nitrogens with zero attached hydrogens (tertiary/aromatic N) is 1. The van der Waals surface area contributed by atoms with Crippen molar-refractivity contribution in [1.29, 1.82) is 0 Å². The van der Waals surface area contributed by atoms with Crippen LogP contribution >= 0.6 is 0 Å². The number of carbonyl (C=O) groups excluding carboxylic acids is 4. The monoisotopic (exact) mass is 402 g/mol. The third-order valence-electron chi connectivity index (χ3n) is 4.52. The van der Waals surface area contributed by atoms with E-state index in [0.717, 1.165) is 4.90 Å². The number of carbonyl (C=O) groups is 4. The molecule has 2 aromatic rings. The van der Waals surface area contributed by atoms with Gasteiger partial charge in [-0.1, -0.05) is 18.2 Å². The lowest BCUT2D eigenvalue weighted by atomic mass is 10.1. The quantitative estimate of drug-likeness (QED) is 0.558. The van der Waals surface area contributed by atoms with Gasteiger partial charge < -0.3 is 19.2 Å². The number of benzene rings is 1. The normalized spacial score (nSPS) is 15.5. The Balaban J connectivity index is 1.67. The van der Waals surface area contributed by atoms with Crippen LogP contribution in [0.15, 0.2) is 28.7 Å². The molecule has 1 N–H and O–H groups in total. The highest BCUT2D eigenvalue weighted by molar-refractivity contribution is 6.06. The number of hydrogen-bond acceptors (Lipinski definition) is 7. The number of furan rings is 1. The van der Waals surface area contributed by atoms with Crippen LogP contribution in [0.2, 0.25) is 0 Å². The van der Waals surface area contributed by atoms with Crippen LogP contribution in [-0.4, -0.2) is 47.5 Å². The van der Waals surface area contributed by atoms with Gasteiger partial charge in [0, 0.05) is 11.9 Å². The van der Waals surface area contributed by atoms with Gasteiger partial charge in [0.05, 0.1) is 18.6 Å². The molecule has 3 amide bonds. The van der Waals surface area contributed by atoms with Crippen molar-refractivity contribution in [3.63, 3.8) is 0 Å². The number of ether oxygens (including phenoxy) is 2. The Labute approximate surface area is 166 Å². The van der Waals surface area contributed by atoms with Gasteiger partial charge in [-0.25, -0.2) is 9.59 Å². The highest BCUT2D eigenvalue weighted by Crippen LogP contribution is 2.27. The first-order valence-corrected chi connectivity index (χ1v) is 9.22. The molecule has 0 unspecified atom stereocenters. The summed E-state index contributed by atoms with van der Waals surface area (Å²) in [6.45, 7) is 4.74. The molecule has 9 nitrogen and oxygen atoms in total. The molecule has 1 aromatic carbocycles. The zero-order chi connectivity index (χ0) is 21.2. The number of fused-ring (bicyclic) bond motifs is 1. The van der Waals surface area contributed by atoms with Gasteiger partial charge in [0.15, 0.2) is 0 Å². The molecule has 0 radical (unpaired) electrons. The Hall–Kier alpha value is -3.36. The largest absolute Gasteiger partial charge is 0.461 e. The van der Waals surface area contributed by atoms with E-state index in [4.69, 9.17) is 13.9 Å². The van der Waals surface area contributed by atoms with Crippen LogP contribution in [0.25, 0.3) is 11.0 Å². The lowest BCUT2D eigenvalue weighted by molar-refractivity contribution is -0.145. The lowest BCUT2D eigenvalue weighted by Gasteiger charge is -2.15. The number of hydrogen-bond donors (Lipinski definition) is 1. The van der Waals surface area contributed by atoms with E-state index in [1.54, 1.807) is 45.0 Å². The summed E-state index contributed by atoms with van der Waals surface area (Å²) in [7, 11) is 0. The fourth-order valence-electron chi connectivity index (χ4n) is 3.05. The van der Waals surface area contributed by atoms with Crippen molar-refractivity contribution < 1.29 is 33.1 Å². The molecule has 0 aliphatic carbocycles. The van der Waals surface area contributed by atoms with Gasteiger partial charge in [-0.05, 0) is 26.8 Å². The summed E-state index contributed by atoms with van der Waals surface area (Å²) in [4.78, 5) is 49.3. The predicted octanol–water partition coefficient (Wildman–Crippen LogP) is 2.37.